The third-order valence-electron chi connectivity index (χ3n) is 2.78. The maximum atomic E-state index is 5.91. The van der Waals surface area contributed by atoms with Gasteiger partial charge in [-0.25, -0.2) is 4.98 Å². The molecule has 0 saturated carbocycles. The molecular weight excluding hydrogens is 230 g/mol. The van der Waals surface area contributed by atoms with Crippen LogP contribution in [-0.4, -0.2) is 23.8 Å². The molecule has 1 heterocycles. The number of hydrogen-bond donors (Lipinski definition) is 1. The molecule has 0 spiro atoms. The molecule has 2 N–H and O–H groups in total. The van der Waals surface area contributed by atoms with Crippen LogP contribution in [0.2, 0.25) is 0 Å². The van der Waals surface area contributed by atoms with Crippen molar-refractivity contribution < 1.29 is 9.47 Å². The highest BCUT2D eigenvalue weighted by molar-refractivity contribution is 5.49. The Labute approximate surface area is 106 Å². The lowest BCUT2D eigenvalue weighted by atomic mass is 10.2. The molecule has 5 heteroatoms. The first-order chi connectivity index (χ1) is 8.67. The second kappa shape index (κ2) is 5.10. The van der Waals surface area contributed by atoms with Crippen molar-refractivity contribution in [2.24, 2.45) is 5.73 Å². The van der Waals surface area contributed by atoms with Gasteiger partial charge >= 0.3 is 0 Å². The van der Waals surface area contributed by atoms with Crippen molar-refractivity contribution in [2.75, 3.05) is 14.2 Å². The summed E-state index contributed by atoms with van der Waals surface area (Å²) < 4.78 is 12.4. The SMILES string of the molecule is COc1ccc(-n2cncc2C(C)N)cc1OC. The third kappa shape index (κ3) is 2.17. The standard InChI is InChI=1S/C13H17N3O2/c1-9(14)11-7-15-8-16(11)10-4-5-12(17-2)13(6-10)18-3/h4-9H,14H2,1-3H3. The van der Waals surface area contributed by atoms with E-state index in [9.17, 15) is 0 Å². The fourth-order valence-corrected chi connectivity index (χ4v) is 1.83. The van der Waals surface area contributed by atoms with Crippen molar-refractivity contribution in [3.8, 4) is 17.2 Å². The number of ether oxygens (including phenoxy) is 2. The molecule has 2 rings (SSSR count). The minimum Gasteiger partial charge on any atom is -0.493 e. The normalized spacial score (nSPS) is 12.2. The van der Waals surface area contributed by atoms with Gasteiger partial charge in [0.15, 0.2) is 11.5 Å². The number of benzene rings is 1. The van der Waals surface area contributed by atoms with Gasteiger partial charge in [0.2, 0.25) is 0 Å². The fourth-order valence-electron chi connectivity index (χ4n) is 1.83. The summed E-state index contributed by atoms with van der Waals surface area (Å²) in [7, 11) is 3.23. The van der Waals surface area contributed by atoms with E-state index >= 15 is 0 Å². The zero-order valence-corrected chi connectivity index (χ0v) is 10.8. The summed E-state index contributed by atoms with van der Waals surface area (Å²) in [4.78, 5) is 4.13. The van der Waals surface area contributed by atoms with Crippen molar-refractivity contribution in [3.05, 3.63) is 36.4 Å². The Hall–Kier alpha value is -2.01. The minimum absolute atomic E-state index is 0.0828. The van der Waals surface area contributed by atoms with Gasteiger partial charge in [-0.3, -0.25) is 0 Å². The Morgan fingerprint density at radius 3 is 2.56 bits per heavy atom. The van der Waals surface area contributed by atoms with Gasteiger partial charge in [0, 0.05) is 12.1 Å². The quantitative estimate of drug-likeness (QED) is 0.896. The van der Waals surface area contributed by atoms with Crippen LogP contribution >= 0.6 is 0 Å². The van der Waals surface area contributed by atoms with Crippen LogP contribution in [0.5, 0.6) is 11.5 Å². The van der Waals surface area contributed by atoms with E-state index in [1.54, 1.807) is 26.7 Å². The highest BCUT2D eigenvalue weighted by Gasteiger charge is 2.11. The molecule has 18 heavy (non-hydrogen) atoms. The molecule has 0 radical (unpaired) electrons. The molecule has 0 aliphatic rings. The van der Waals surface area contributed by atoms with Gasteiger partial charge in [-0.2, -0.15) is 0 Å². The molecule has 0 aliphatic heterocycles. The van der Waals surface area contributed by atoms with Gasteiger partial charge in [-0.1, -0.05) is 0 Å². The highest BCUT2D eigenvalue weighted by atomic mass is 16.5. The molecule has 5 nitrogen and oxygen atoms in total. The van der Waals surface area contributed by atoms with Crippen molar-refractivity contribution in [2.45, 2.75) is 13.0 Å². The number of nitrogens with two attached hydrogens (primary N) is 1. The molecule has 96 valence electrons. The highest BCUT2D eigenvalue weighted by Crippen LogP contribution is 2.29. The van der Waals surface area contributed by atoms with Crippen LogP contribution in [0.1, 0.15) is 18.7 Å². The number of imidazole rings is 1. The summed E-state index contributed by atoms with van der Waals surface area (Å²) >= 11 is 0. The van der Waals surface area contributed by atoms with E-state index in [0.717, 1.165) is 11.4 Å². The Kier molecular flexibility index (Phi) is 3.53. The van der Waals surface area contributed by atoms with Gasteiger partial charge in [0.1, 0.15) is 0 Å². The first-order valence-electron chi connectivity index (χ1n) is 5.67. The van der Waals surface area contributed by atoms with Crippen LogP contribution < -0.4 is 15.2 Å². The second-order valence-electron chi connectivity index (χ2n) is 4.02. The molecule has 0 fully saturated rings. The summed E-state index contributed by atoms with van der Waals surface area (Å²) in [5, 5.41) is 0. The lowest BCUT2D eigenvalue weighted by molar-refractivity contribution is 0.355. The van der Waals surface area contributed by atoms with E-state index in [1.807, 2.05) is 29.7 Å². The zero-order chi connectivity index (χ0) is 13.1. The molecular formula is C13H17N3O2. The summed E-state index contributed by atoms with van der Waals surface area (Å²) in [6, 6.07) is 5.61. The third-order valence-corrected chi connectivity index (χ3v) is 2.78. The van der Waals surface area contributed by atoms with Crippen molar-refractivity contribution in [3.63, 3.8) is 0 Å². The van der Waals surface area contributed by atoms with Crippen molar-refractivity contribution in [1.82, 2.24) is 9.55 Å². The molecule has 0 aliphatic carbocycles. The van der Waals surface area contributed by atoms with Crippen LogP contribution in [-0.2, 0) is 0 Å². The first-order valence-corrected chi connectivity index (χ1v) is 5.67. The lowest BCUT2D eigenvalue weighted by Crippen LogP contribution is -2.10. The number of hydrogen-bond acceptors (Lipinski definition) is 4. The van der Waals surface area contributed by atoms with Gasteiger partial charge in [0.05, 0.1) is 38.1 Å². The monoisotopic (exact) mass is 247 g/mol. The van der Waals surface area contributed by atoms with Gasteiger partial charge in [-0.15, -0.1) is 0 Å². The second-order valence-corrected chi connectivity index (χ2v) is 4.02. The summed E-state index contributed by atoms with van der Waals surface area (Å²) in [5.41, 5.74) is 7.79. The van der Waals surface area contributed by atoms with E-state index in [0.29, 0.717) is 11.5 Å². The van der Waals surface area contributed by atoms with Crippen molar-refractivity contribution >= 4 is 0 Å². The van der Waals surface area contributed by atoms with Gasteiger partial charge < -0.3 is 19.8 Å². The number of aromatic nitrogens is 2. The van der Waals surface area contributed by atoms with Crippen LogP contribution in [0.4, 0.5) is 0 Å². The summed E-state index contributed by atoms with van der Waals surface area (Å²) in [5.74, 6) is 1.38. The molecule has 1 aromatic heterocycles. The molecule has 0 saturated heterocycles. The van der Waals surface area contributed by atoms with Crippen LogP contribution in [0, 0.1) is 0 Å². The van der Waals surface area contributed by atoms with Gasteiger partial charge in [0.25, 0.3) is 0 Å². The topological polar surface area (TPSA) is 62.3 Å². The predicted octanol–water partition coefficient (Wildman–Crippen LogP) is 1.91. The Bertz CT molecular complexity index is 535. The van der Waals surface area contributed by atoms with E-state index in [2.05, 4.69) is 4.98 Å². The summed E-state index contributed by atoms with van der Waals surface area (Å²) in [6.07, 6.45) is 3.50. The smallest absolute Gasteiger partial charge is 0.162 e. The molecule has 1 atom stereocenters. The predicted molar refractivity (Wildman–Crippen MR) is 69.3 cm³/mol. The van der Waals surface area contributed by atoms with Crippen LogP contribution in [0.3, 0.4) is 0 Å². The maximum Gasteiger partial charge on any atom is 0.162 e. The van der Waals surface area contributed by atoms with E-state index in [-0.39, 0.29) is 6.04 Å². The molecule has 0 bridgehead atoms. The zero-order valence-electron chi connectivity index (χ0n) is 10.8. The number of methoxy groups -OCH3 is 2. The summed E-state index contributed by atoms with van der Waals surface area (Å²) in [6.45, 7) is 1.92. The largest absolute Gasteiger partial charge is 0.493 e. The Morgan fingerprint density at radius 1 is 1.22 bits per heavy atom. The Morgan fingerprint density at radius 2 is 1.94 bits per heavy atom. The molecule has 1 aromatic carbocycles. The molecule has 1 unspecified atom stereocenters. The molecule has 0 amide bonds. The van der Waals surface area contributed by atoms with Crippen LogP contribution in [0.15, 0.2) is 30.7 Å². The van der Waals surface area contributed by atoms with E-state index < -0.39 is 0 Å². The van der Waals surface area contributed by atoms with Crippen LogP contribution in [0.25, 0.3) is 5.69 Å². The average Bonchev–Trinajstić information content (AvgIpc) is 2.87. The average molecular weight is 247 g/mol. The van der Waals surface area contributed by atoms with Crippen molar-refractivity contribution in [1.29, 1.82) is 0 Å². The first kappa shape index (κ1) is 12.4. The lowest BCUT2D eigenvalue weighted by Gasteiger charge is -2.13. The minimum atomic E-state index is -0.0828. The van der Waals surface area contributed by atoms with E-state index in [1.165, 1.54) is 0 Å². The number of rotatable bonds is 4. The number of nitrogens with zero attached hydrogens (tertiary/aromatic N) is 2. The maximum absolute atomic E-state index is 5.91. The van der Waals surface area contributed by atoms with E-state index in [4.69, 9.17) is 15.2 Å². The Balaban J connectivity index is 2.48. The van der Waals surface area contributed by atoms with Gasteiger partial charge in [-0.05, 0) is 19.1 Å². The molecule has 2 aromatic rings. The fraction of sp³-hybridized carbons (Fsp3) is 0.308.